The highest BCUT2D eigenvalue weighted by Crippen LogP contribution is 2.29. The molecule has 0 fully saturated rings. The molecule has 7 nitrogen and oxygen atoms in total. The van der Waals surface area contributed by atoms with E-state index in [9.17, 15) is 18.0 Å². The highest BCUT2D eigenvalue weighted by atomic mass is 35.5. The molecule has 0 heterocycles. The summed E-state index contributed by atoms with van der Waals surface area (Å²) < 4.78 is 28.6. The number of carbonyl (C=O) groups excluding carboxylic acids is 2. The molecule has 2 amide bonds. The Morgan fingerprint density at radius 3 is 2.25 bits per heavy atom. The molecule has 3 rings (SSSR count). The monoisotopic (exact) mass is 623 g/mol. The molecule has 3 aromatic rings. The van der Waals surface area contributed by atoms with Crippen molar-refractivity contribution < 1.29 is 18.0 Å². The molecular weight excluding hydrogens is 593 g/mol. The van der Waals surface area contributed by atoms with Crippen molar-refractivity contribution in [1.82, 2.24) is 10.2 Å². The second kappa shape index (κ2) is 14.2. The van der Waals surface area contributed by atoms with Crippen LogP contribution in [0, 0.1) is 6.92 Å². The van der Waals surface area contributed by atoms with Crippen LogP contribution in [-0.2, 0) is 26.2 Å². The Bertz CT molecular complexity index is 1450. The predicted octanol–water partition coefficient (Wildman–Crippen LogP) is 6.48. The number of sulfonamides is 1. The zero-order valence-corrected chi connectivity index (χ0v) is 25.6. The van der Waals surface area contributed by atoms with Crippen molar-refractivity contribution in [3.05, 3.63) is 92.9 Å². The van der Waals surface area contributed by atoms with Gasteiger partial charge in [-0.15, -0.1) is 0 Å². The molecular formula is C29H32Cl3N3O4S. The van der Waals surface area contributed by atoms with E-state index in [1.807, 2.05) is 6.92 Å². The Balaban J connectivity index is 2.02. The Hall–Kier alpha value is -2.78. The lowest BCUT2D eigenvalue weighted by molar-refractivity contribution is -0.139. The summed E-state index contributed by atoms with van der Waals surface area (Å²) in [5.74, 6) is -0.932. The fourth-order valence-corrected chi connectivity index (χ4v) is 5.86. The van der Waals surface area contributed by atoms with E-state index in [4.69, 9.17) is 34.8 Å². The molecule has 0 aromatic heterocycles. The number of unbranched alkanes of at least 4 members (excludes halogenated alkanes) is 1. The molecule has 0 bridgehead atoms. The van der Waals surface area contributed by atoms with E-state index in [-0.39, 0.29) is 23.0 Å². The van der Waals surface area contributed by atoms with Gasteiger partial charge in [0.1, 0.15) is 12.6 Å². The fourth-order valence-electron chi connectivity index (χ4n) is 3.94. The van der Waals surface area contributed by atoms with E-state index < -0.39 is 28.5 Å². The first-order valence-corrected chi connectivity index (χ1v) is 15.4. The SMILES string of the molecule is CCCCNC(=O)[C@@H](C)N(Cc1ccc(Cl)c(Cl)c1)C(=O)CN(c1ccc(C)c(Cl)c1)S(=O)(=O)c1ccccc1. The first kappa shape index (κ1) is 31.7. The largest absolute Gasteiger partial charge is 0.354 e. The minimum Gasteiger partial charge on any atom is -0.354 e. The van der Waals surface area contributed by atoms with Crippen molar-refractivity contribution in [2.45, 2.75) is 51.1 Å². The number of rotatable bonds is 12. The van der Waals surface area contributed by atoms with Gasteiger partial charge >= 0.3 is 0 Å². The van der Waals surface area contributed by atoms with Crippen LogP contribution < -0.4 is 9.62 Å². The smallest absolute Gasteiger partial charge is 0.264 e. The number of carbonyl (C=O) groups is 2. The standard InChI is InChI=1S/C29H32Cl3N3O4S/c1-4-5-15-33-29(37)21(3)34(18-22-12-14-25(30)27(32)16-22)28(36)19-35(23-13-11-20(2)26(31)17-23)40(38,39)24-9-7-6-8-10-24/h6-14,16-17,21H,4-5,15,18-19H2,1-3H3,(H,33,37)/t21-/m1/s1. The van der Waals surface area contributed by atoms with Crippen LogP contribution in [0.3, 0.4) is 0 Å². The van der Waals surface area contributed by atoms with Gasteiger partial charge in [0.05, 0.1) is 20.6 Å². The Labute approximate surface area is 251 Å². The van der Waals surface area contributed by atoms with Crippen LogP contribution in [-0.4, -0.2) is 44.3 Å². The van der Waals surface area contributed by atoms with Crippen molar-refractivity contribution in [2.75, 3.05) is 17.4 Å². The summed E-state index contributed by atoms with van der Waals surface area (Å²) in [6.45, 7) is 5.32. The zero-order chi connectivity index (χ0) is 29.4. The maximum absolute atomic E-state index is 13.9. The summed E-state index contributed by atoms with van der Waals surface area (Å²) in [7, 11) is -4.17. The summed E-state index contributed by atoms with van der Waals surface area (Å²) in [4.78, 5) is 28.3. The Morgan fingerprint density at radius 2 is 1.62 bits per heavy atom. The lowest BCUT2D eigenvalue weighted by Gasteiger charge is -2.32. The summed E-state index contributed by atoms with van der Waals surface area (Å²) in [5, 5.41) is 3.86. The average Bonchev–Trinajstić information content (AvgIpc) is 2.93. The highest BCUT2D eigenvalue weighted by Gasteiger charge is 2.32. The lowest BCUT2D eigenvalue weighted by atomic mass is 10.1. The summed E-state index contributed by atoms with van der Waals surface area (Å²) in [5.41, 5.74) is 1.61. The van der Waals surface area contributed by atoms with Gasteiger partial charge in [-0.3, -0.25) is 13.9 Å². The van der Waals surface area contributed by atoms with Crippen LogP contribution in [0.5, 0.6) is 0 Å². The van der Waals surface area contributed by atoms with Gasteiger partial charge in [-0.25, -0.2) is 8.42 Å². The molecule has 0 aliphatic carbocycles. The van der Waals surface area contributed by atoms with Gasteiger partial charge in [0.15, 0.2) is 0 Å². The number of hydrogen-bond acceptors (Lipinski definition) is 4. The normalized spacial score (nSPS) is 12.1. The quantitative estimate of drug-likeness (QED) is 0.234. The van der Waals surface area contributed by atoms with E-state index in [0.717, 1.165) is 22.7 Å². The fraction of sp³-hybridized carbons (Fsp3) is 0.310. The first-order chi connectivity index (χ1) is 18.9. The number of hydrogen-bond donors (Lipinski definition) is 1. The molecule has 0 aliphatic rings. The van der Waals surface area contributed by atoms with Crippen molar-refractivity contribution in [2.24, 2.45) is 0 Å². The Morgan fingerprint density at radius 1 is 0.925 bits per heavy atom. The molecule has 0 saturated carbocycles. The van der Waals surface area contributed by atoms with Crippen LogP contribution in [0.4, 0.5) is 5.69 Å². The maximum atomic E-state index is 13.9. The first-order valence-electron chi connectivity index (χ1n) is 12.8. The summed E-state index contributed by atoms with van der Waals surface area (Å²) in [6, 6.07) is 16.6. The van der Waals surface area contributed by atoms with Crippen LogP contribution in [0.15, 0.2) is 71.6 Å². The molecule has 1 N–H and O–H groups in total. The number of nitrogens with one attached hydrogen (secondary N) is 1. The minimum absolute atomic E-state index is 0.00592. The number of amides is 2. The second-order valence-electron chi connectivity index (χ2n) is 9.35. The number of halogens is 3. The van der Waals surface area contributed by atoms with Gasteiger partial charge in [-0.1, -0.05) is 78.5 Å². The third-order valence-electron chi connectivity index (χ3n) is 6.39. The molecule has 1 atom stereocenters. The third kappa shape index (κ3) is 7.91. The predicted molar refractivity (Wildman–Crippen MR) is 162 cm³/mol. The maximum Gasteiger partial charge on any atom is 0.264 e. The van der Waals surface area contributed by atoms with Crippen molar-refractivity contribution >= 4 is 62.3 Å². The number of anilines is 1. The van der Waals surface area contributed by atoms with Gasteiger partial charge in [-0.2, -0.15) is 0 Å². The average molecular weight is 625 g/mol. The van der Waals surface area contributed by atoms with Crippen molar-refractivity contribution in [3.8, 4) is 0 Å². The van der Waals surface area contributed by atoms with Gasteiger partial charge in [0.25, 0.3) is 10.0 Å². The van der Waals surface area contributed by atoms with E-state index in [1.54, 1.807) is 62.4 Å². The third-order valence-corrected chi connectivity index (χ3v) is 9.32. The number of aryl methyl sites for hydroxylation is 1. The van der Waals surface area contributed by atoms with Crippen LogP contribution in [0.1, 0.15) is 37.8 Å². The molecule has 40 heavy (non-hydrogen) atoms. The topological polar surface area (TPSA) is 86.8 Å². The highest BCUT2D eigenvalue weighted by molar-refractivity contribution is 7.92. The van der Waals surface area contributed by atoms with Gasteiger partial charge in [0, 0.05) is 18.1 Å². The van der Waals surface area contributed by atoms with Crippen LogP contribution in [0.2, 0.25) is 15.1 Å². The number of benzene rings is 3. The van der Waals surface area contributed by atoms with Crippen LogP contribution in [0.25, 0.3) is 0 Å². The lowest BCUT2D eigenvalue weighted by Crippen LogP contribution is -2.51. The van der Waals surface area contributed by atoms with E-state index in [0.29, 0.717) is 27.2 Å². The molecule has 3 aromatic carbocycles. The van der Waals surface area contributed by atoms with E-state index in [1.165, 1.54) is 23.1 Å². The summed E-state index contributed by atoms with van der Waals surface area (Å²) >= 11 is 18.6. The van der Waals surface area contributed by atoms with Gasteiger partial charge in [-0.05, 0) is 67.8 Å². The second-order valence-corrected chi connectivity index (χ2v) is 12.4. The van der Waals surface area contributed by atoms with Crippen LogP contribution >= 0.6 is 34.8 Å². The van der Waals surface area contributed by atoms with Gasteiger partial charge in [0.2, 0.25) is 11.8 Å². The summed E-state index contributed by atoms with van der Waals surface area (Å²) in [6.07, 6.45) is 1.68. The molecule has 0 spiro atoms. The molecule has 0 saturated heterocycles. The van der Waals surface area contributed by atoms with Crippen molar-refractivity contribution in [1.29, 1.82) is 0 Å². The molecule has 11 heteroatoms. The van der Waals surface area contributed by atoms with E-state index in [2.05, 4.69) is 5.32 Å². The van der Waals surface area contributed by atoms with Gasteiger partial charge < -0.3 is 10.2 Å². The number of nitrogens with zero attached hydrogens (tertiary/aromatic N) is 2. The van der Waals surface area contributed by atoms with Crippen molar-refractivity contribution in [3.63, 3.8) is 0 Å². The molecule has 0 unspecified atom stereocenters. The molecule has 0 aliphatic heterocycles. The molecule has 0 radical (unpaired) electrons. The Kier molecular flexibility index (Phi) is 11.3. The zero-order valence-electron chi connectivity index (χ0n) is 22.5. The minimum atomic E-state index is -4.17. The molecule has 214 valence electrons. The van der Waals surface area contributed by atoms with E-state index >= 15 is 0 Å².